The molecule has 3 rings (SSSR count). The van der Waals surface area contributed by atoms with Crippen LogP contribution in [0.5, 0.6) is 0 Å². The maximum absolute atomic E-state index is 12.0. The van der Waals surface area contributed by atoms with Crippen molar-refractivity contribution in [3.8, 4) is 0 Å². The Labute approximate surface area is 142 Å². The first-order chi connectivity index (χ1) is 11.7. The van der Waals surface area contributed by atoms with E-state index in [2.05, 4.69) is 46.8 Å². The van der Waals surface area contributed by atoms with Gasteiger partial charge in [-0.05, 0) is 30.5 Å². The lowest BCUT2D eigenvalue weighted by molar-refractivity contribution is -0.120. The monoisotopic (exact) mass is 321 g/mol. The first kappa shape index (κ1) is 16.3. The Morgan fingerprint density at radius 3 is 2.67 bits per heavy atom. The molecule has 1 atom stereocenters. The van der Waals surface area contributed by atoms with Crippen LogP contribution >= 0.6 is 0 Å². The molecular weight excluding hydrogens is 298 g/mol. The Hall–Kier alpha value is -2.59. The molecule has 3 aromatic rings. The van der Waals surface area contributed by atoms with Crippen molar-refractivity contribution in [2.45, 2.75) is 19.4 Å². The average Bonchev–Trinajstić information content (AvgIpc) is 3.04. The van der Waals surface area contributed by atoms with Gasteiger partial charge < -0.3 is 15.6 Å². The predicted octanol–water partition coefficient (Wildman–Crippen LogP) is 3.18. The topological polar surface area (TPSA) is 56.9 Å². The summed E-state index contributed by atoms with van der Waals surface area (Å²) in [5.41, 5.74) is 3.55. The molecule has 0 fully saturated rings. The van der Waals surface area contributed by atoms with Crippen molar-refractivity contribution in [3.05, 3.63) is 71.9 Å². The number of rotatable bonds is 7. The van der Waals surface area contributed by atoms with Crippen LogP contribution in [0.15, 0.2) is 60.8 Å². The summed E-state index contributed by atoms with van der Waals surface area (Å²) in [5, 5.41) is 7.46. The molecule has 3 N–H and O–H groups in total. The number of amides is 1. The van der Waals surface area contributed by atoms with Crippen molar-refractivity contribution in [1.82, 2.24) is 15.6 Å². The van der Waals surface area contributed by atoms with Crippen molar-refractivity contribution in [2.24, 2.45) is 0 Å². The second kappa shape index (κ2) is 7.79. The average molecular weight is 321 g/mol. The Kier molecular flexibility index (Phi) is 5.29. The Balaban J connectivity index is 1.43. The minimum Gasteiger partial charge on any atom is -0.361 e. The molecule has 0 aliphatic rings. The maximum Gasteiger partial charge on any atom is 0.233 e. The van der Waals surface area contributed by atoms with Gasteiger partial charge in [-0.25, -0.2) is 0 Å². The van der Waals surface area contributed by atoms with Crippen molar-refractivity contribution in [3.63, 3.8) is 0 Å². The first-order valence-electron chi connectivity index (χ1n) is 8.34. The number of para-hydroxylation sites is 1. The van der Waals surface area contributed by atoms with E-state index in [1.807, 2.05) is 36.5 Å². The van der Waals surface area contributed by atoms with Gasteiger partial charge in [0.25, 0.3) is 0 Å². The van der Waals surface area contributed by atoms with Crippen LogP contribution in [0.2, 0.25) is 0 Å². The Morgan fingerprint density at radius 1 is 1.08 bits per heavy atom. The smallest absolute Gasteiger partial charge is 0.233 e. The molecule has 0 saturated carbocycles. The minimum absolute atomic E-state index is 0.0256. The summed E-state index contributed by atoms with van der Waals surface area (Å²) in [6, 6.07) is 18.5. The molecule has 1 heterocycles. The standard InChI is InChI=1S/C20H23N3O/c1-15(16-7-3-2-4-8-16)22-14-20(24)21-12-11-17-13-23-19-10-6-5-9-18(17)19/h2-10,13,15,22-23H,11-12,14H2,1H3,(H,21,24)/t15-/m1/s1. The van der Waals surface area contributed by atoms with Crippen LogP contribution in [-0.4, -0.2) is 24.0 Å². The van der Waals surface area contributed by atoms with Crippen LogP contribution in [0.3, 0.4) is 0 Å². The number of H-pyrrole nitrogens is 1. The first-order valence-corrected chi connectivity index (χ1v) is 8.34. The van der Waals surface area contributed by atoms with E-state index in [9.17, 15) is 4.79 Å². The molecule has 2 aromatic carbocycles. The number of hydrogen-bond acceptors (Lipinski definition) is 2. The number of carbonyl (C=O) groups excluding carboxylic acids is 1. The van der Waals surface area contributed by atoms with Gasteiger partial charge in [0, 0.05) is 29.7 Å². The van der Waals surface area contributed by atoms with Gasteiger partial charge >= 0.3 is 0 Å². The second-order valence-electron chi connectivity index (χ2n) is 5.97. The highest BCUT2D eigenvalue weighted by Gasteiger charge is 2.08. The van der Waals surface area contributed by atoms with E-state index in [1.54, 1.807) is 0 Å². The van der Waals surface area contributed by atoms with Gasteiger partial charge in [0.2, 0.25) is 5.91 Å². The van der Waals surface area contributed by atoms with Crippen LogP contribution < -0.4 is 10.6 Å². The van der Waals surface area contributed by atoms with Gasteiger partial charge in [-0.1, -0.05) is 48.5 Å². The highest BCUT2D eigenvalue weighted by Crippen LogP contribution is 2.17. The normalized spacial score (nSPS) is 12.2. The number of fused-ring (bicyclic) bond motifs is 1. The molecule has 4 heteroatoms. The number of hydrogen-bond donors (Lipinski definition) is 3. The van der Waals surface area contributed by atoms with E-state index in [4.69, 9.17) is 0 Å². The molecule has 124 valence electrons. The zero-order chi connectivity index (χ0) is 16.8. The number of aromatic nitrogens is 1. The third-order valence-electron chi connectivity index (χ3n) is 4.26. The third kappa shape index (κ3) is 4.03. The quantitative estimate of drug-likeness (QED) is 0.626. The van der Waals surface area contributed by atoms with Gasteiger partial charge in [-0.2, -0.15) is 0 Å². The molecule has 0 saturated heterocycles. The van der Waals surface area contributed by atoms with Gasteiger partial charge in [0.05, 0.1) is 6.54 Å². The molecule has 0 aliphatic carbocycles. The van der Waals surface area contributed by atoms with Crippen molar-refractivity contribution < 1.29 is 4.79 Å². The van der Waals surface area contributed by atoms with Crippen molar-refractivity contribution >= 4 is 16.8 Å². The van der Waals surface area contributed by atoms with E-state index < -0.39 is 0 Å². The highest BCUT2D eigenvalue weighted by molar-refractivity contribution is 5.83. The molecule has 0 bridgehead atoms. The lowest BCUT2D eigenvalue weighted by Gasteiger charge is -2.14. The minimum atomic E-state index is 0.0256. The summed E-state index contributed by atoms with van der Waals surface area (Å²) in [5.74, 6) is 0.0256. The maximum atomic E-state index is 12.0. The fourth-order valence-corrected chi connectivity index (χ4v) is 2.84. The molecule has 1 amide bonds. The van der Waals surface area contributed by atoms with Crippen LogP contribution in [-0.2, 0) is 11.2 Å². The number of carbonyl (C=O) groups is 1. The lowest BCUT2D eigenvalue weighted by atomic mass is 10.1. The van der Waals surface area contributed by atoms with Crippen LogP contribution in [0, 0.1) is 0 Å². The van der Waals surface area contributed by atoms with Crippen molar-refractivity contribution in [2.75, 3.05) is 13.1 Å². The zero-order valence-electron chi connectivity index (χ0n) is 13.9. The summed E-state index contributed by atoms with van der Waals surface area (Å²) >= 11 is 0. The fraction of sp³-hybridized carbons (Fsp3) is 0.250. The molecule has 0 spiro atoms. The van der Waals surface area contributed by atoms with Gasteiger partial charge in [-0.15, -0.1) is 0 Å². The zero-order valence-corrected chi connectivity index (χ0v) is 13.9. The number of aromatic amines is 1. The molecule has 0 radical (unpaired) electrons. The van der Waals surface area contributed by atoms with E-state index >= 15 is 0 Å². The Bertz CT molecular complexity index is 795. The van der Waals surface area contributed by atoms with E-state index in [0.29, 0.717) is 13.1 Å². The van der Waals surface area contributed by atoms with E-state index in [-0.39, 0.29) is 11.9 Å². The summed E-state index contributed by atoms with van der Waals surface area (Å²) < 4.78 is 0. The Morgan fingerprint density at radius 2 is 1.83 bits per heavy atom. The summed E-state index contributed by atoms with van der Waals surface area (Å²) in [7, 11) is 0. The van der Waals surface area contributed by atoms with Crippen LogP contribution in [0.4, 0.5) is 0 Å². The fourth-order valence-electron chi connectivity index (χ4n) is 2.84. The van der Waals surface area contributed by atoms with Gasteiger partial charge in [0.15, 0.2) is 0 Å². The van der Waals surface area contributed by atoms with Crippen LogP contribution in [0.1, 0.15) is 24.1 Å². The summed E-state index contributed by atoms with van der Waals surface area (Å²) in [6.07, 6.45) is 2.84. The molecular formula is C20H23N3O. The highest BCUT2D eigenvalue weighted by atomic mass is 16.1. The molecule has 0 unspecified atom stereocenters. The van der Waals surface area contributed by atoms with Gasteiger partial charge in [-0.3, -0.25) is 4.79 Å². The SMILES string of the molecule is C[C@@H](NCC(=O)NCCc1c[nH]c2ccccc12)c1ccccc1. The largest absolute Gasteiger partial charge is 0.361 e. The summed E-state index contributed by atoms with van der Waals surface area (Å²) in [6.45, 7) is 3.03. The molecule has 24 heavy (non-hydrogen) atoms. The molecule has 4 nitrogen and oxygen atoms in total. The van der Waals surface area contributed by atoms with Gasteiger partial charge in [0.1, 0.15) is 0 Å². The molecule has 1 aromatic heterocycles. The van der Waals surface area contributed by atoms with Crippen LogP contribution in [0.25, 0.3) is 10.9 Å². The van der Waals surface area contributed by atoms with E-state index in [1.165, 1.54) is 16.5 Å². The summed E-state index contributed by atoms with van der Waals surface area (Å²) in [4.78, 5) is 15.2. The lowest BCUT2D eigenvalue weighted by Crippen LogP contribution is -2.36. The number of benzene rings is 2. The third-order valence-corrected chi connectivity index (χ3v) is 4.26. The number of nitrogens with one attached hydrogen (secondary N) is 3. The molecule has 0 aliphatic heterocycles. The van der Waals surface area contributed by atoms with Crippen molar-refractivity contribution in [1.29, 1.82) is 0 Å². The predicted molar refractivity (Wildman–Crippen MR) is 97.9 cm³/mol. The second-order valence-corrected chi connectivity index (χ2v) is 5.97. The van der Waals surface area contributed by atoms with E-state index in [0.717, 1.165) is 11.9 Å².